The normalized spacial score (nSPS) is 16.2. The first-order chi connectivity index (χ1) is 21.7. The maximum absolute atomic E-state index is 7.65. The standard InChI is InChI=1S/C34H39NO5.C2H6O2.H2/c1-36-32-11-6-4-9-28(32)24-38-18-7-19-39-29-14-12-26(13-15-29)31-16-17-35-22-34(31)40-23-25-20-27-8-3-5-10-30(27)33(21-25)37-2;1-4-2-3;/h3-6,8-15,20-21,31,34-35H,7,16-19,22-24H2,1-2H3;3H,2H2,1H3;1H/t31-,34+;;/m1../s1. The van der Waals surface area contributed by atoms with Gasteiger partial charge in [-0.25, -0.2) is 0 Å². The lowest BCUT2D eigenvalue weighted by molar-refractivity contribution is 0.0106. The molecule has 238 valence electrons. The molecule has 1 heterocycles. The van der Waals surface area contributed by atoms with Crippen LogP contribution in [-0.2, 0) is 27.4 Å². The highest BCUT2D eigenvalue weighted by Crippen LogP contribution is 2.32. The van der Waals surface area contributed by atoms with Crippen molar-refractivity contribution >= 4 is 10.8 Å². The largest absolute Gasteiger partial charge is 0.496 e. The number of rotatable bonds is 14. The third-order valence-corrected chi connectivity index (χ3v) is 7.58. The summed E-state index contributed by atoms with van der Waals surface area (Å²) in [4.78, 5) is 0. The summed E-state index contributed by atoms with van der Waals surface area (Å²) >= 11 is 0. The second-order valence-electron chi connectivity index (χ2n) is 10.5. The van der Waals surface area contributed by atoms with Crippen LogP contribution in [0.2, 0.25) is 0 Å². The number of ether oxygens (including phenoxy) is 6. The Kier molecular flexibility index (Phi) is 13.8. The highest BCUT2D eigenvalue weighted by atomic mass is 16.6. The number of piperidine rings is 1. The molecule has 0 saturated carbocycles. The Hall–Kier alpha value is -3.66. The third kappa shape index (κ3) is 9.67. The maximum atomic E-state index is 7.65. The van der Waals surface area contributed by atoms with Gasteiger partial charge in [0.05, 0.1) is 46.8 Å². The van der Waals surface area contributed by atoms with E-state index in [9.17, 15) is 0 Å². The van der Waals surface area contributed by atoms with E-state index in [0.717, 1.165) is 65.1 Å². The highest BCUT2D eigenvalue weighted by molar-refractivity contribution is 5.89. The molecule has 0 aromatic heterocycles. The van der Waals surface area contributed by atoms with E-state index in [-0.39, 0.29) is 14.3 Å². The molecule has 1 saturated heterocycles. The summed E-state index contributed by atoms with van der Waals surface area (Å²) in [6, 6.07) is 29.0. The molecule has 4 aromatic carbocycles. The lowest BCUT2D eigenvalue weighted by Crippen LogP contribution is -2.40. The zero-order valence-corrected chi connectivity index (χ0v) is 26.0. The quantitative estimate of drug-likeness (QED) is 0.127. The lowest BCUT2D eigenvalue weighted by atomic mass is 9.87. The molecule has 1 aliphatic rings. The van der Waals surface area contributed by atoms with Crippen LogP contribution in [0.25, 0.3) is 10.8 Å². The van der Waals surface area contributed by atoms with Crippen molar-refractivity contribution < 1.29 is 35.0 Å². The Labute approximate surface area is 262 Å². The minimum Gasteiger partial charge on any atom is -0.496 e. The van der Waals surface area contributed by atoms with Gasteiger partial charge in [-0.05, 0) is 59.8 Å². The summed E-state index contributed by atoms with van der Waals surface area (Å²) < 4.78 is 33.4. The van der Waals surface area contributed by atoms with Crippen LogP contribution in [0, 0.1) is 0 Å². The molecular formula is C36H47NO7. The molecule has 0 spiro atoms. The molecule has 1 fully saturated rings. The van der Waals surface area contributed by atoms with Crippen molar-refractivity contribution in [3.05, 3.63) is 102 Å². The van der Waals surface area contributed by atoms with Crippen molar-refractivity contribution in [1.82, 2.24) is 5.32 Å². The molecule has 5 rings (SSSR count). The second kappa shape index (κ2) is 18.2. The zero-order chi connectivity index (χ0) is 31.0. The summed E-state index contributed by atoms with van der Waals surface area (Å²) in [6.07, 6.45) is 1.95. The molecule has 44 heavy (non-hydrogen) atoms. The summed E-state index contributed by atoms with van der Waals surface area (Å²) in [7, 11) is 4.83. The number of para-hydroxylation sites is 1. The van der Waals surface area contributed by atoms with Gasteiger partial charge in [-0.2, -0.15) is 0 Å². The molecular weight excluding hydrogens is 558 g/mol. The van der Waals surface area contributed by atoms with Crippen LogP contribution in [0.3, 0.4) is 0 Å². The van der Waals surface area contributed by atoms with E-state index in [1.807, 2.05) is 30.3 Å². The predicted molar refractivity (Wildman–Crippen MR) is 175 cm³/mol. The summed E-state index contributed by atoms with van der Waals surface area (Å²) in [5, 5.41) is 13.4. The fourth-order valence-electron chi connectivity index (χ4n) is 5.34. The van der Waals surface area contributed by atoms with E-state index in [1.54, 1.807) is 14.2 Å². The highest BCUT2D eigenvalue weighted by Gasteiger charge is 2.27. The lowest BCUT2D eigenvalue weighted by Gasteiger charge is -2.32. The van der Waals surface area contributed by atoms with Gasteiger partial charge in [0.2, 0.25) is 0 Å². The predicted octanol–water partition coefficient (Wildman–Crippen LogP) is 6.33. The average Bonchev–Trinajstić information content (AvgIpc) is 3.09. The molecule has 1 aliphatic heterocycles. The van der Waals surface area contributed by atoms with E-state index >= 15 is 0 Å². The number of hydrogen-bond acceptors (Lipinski definition) is 8. The van der Waals surface area contributed by atoms with Gasteiger partial charge in [-0.15, -0.1) is 0 Å². The number of nitrogens with one attached hydrogen (secondary N) is 1. The Morgan fingerprint density at radius 2 is 1.59 bits per heavy atom. The molecule has 0 amide bonds. The Balaban J connectivity index is 0.00000104. The number of methoxy groups -OCH3 is 3. The fraction of sp³-hybridized carbons (Fsp3) is 0.389. The van der Waals surface area contributed by atoms with Crippen LogP contribution in [0.1, 0.15) is 36.9 Å². The number of aliphatic hydroxyl groups excluding tert-OH is 1. The average molecular weight is 606 g/mol. The molecule has 4 aromatic rings. The Morgan fingerprint density at radius 1 is 0.841 bits per heavy atom. The van der Waals surface area contributed by atoms with Gasteiger partial charge < -0.3 is 38.8 Å². The molecule has 8 nitrogen and oxygen atoms in total. The van der Waals surface area contributed by atoms with E-state index < -0.39 is 0 Å². The number of aliphatic hydroxyl groups is 1. The smallest absolute Gasteiger partial charge is 0.143 e. The van der Waals surface area contributed by atoms with E-state index in [1.165, 1.54) is 12.7 Å². The molecule has 2 N–H and O–H groups in total. The van der Waals surface area contributed by atoms with Crippen molar-refractivity contribution in [3.8, 4) is 17.2 Å². The van der Waals surface area contributed by atoms with Gasteiger partial charge >= 0.3 is 0 Å². The van der Waals surface area contributed by atoms with Gasteiger partial charge in [0.1, 0.15) is 24.0 Å². The minimum absolute atomic E-state index is 0. The molecule has 8 heteroatoms. The second-order valence-corrected chi connectivity index (χ2v) is 10.5. The Bertz CT molecular complexity index is 1400. The minimum atomic E-state index is -0.181. The summed E-state index contributed by atoms with van der Waals surface area (Å²) in [5.74, 6) is 2.95. The fourth-order valence-corrected chi connectivity index (χ4v) is 5.34. The van der Waals surface area contributed by atoms with E-state index in [4.69, 9.17) is 28.8 Å². The van der Waals surface area contributed by atoms with Crippen molar-refractivity contribution in [2.45, 2.75) is 38.1 Å². The first-order valence-corrected chi connectivity index (χ1v) is 15.1. The third-order valence-electron chi connectivity index (χ3n) is 7.58. The summed E-state index contributed by atoms with van der Waals surface area (Å²) in [6.45, 7) is 3.97. The van der Waals surface area contributed by atoms with Crippen molar-refractivity contribution in [2.75, 3.05) is 54.4 Å². The van der Waals surface area contributed by atoms with Crippen LogP contribution in [0.5, 0.6) is 17.2 Å². The van der Waals surface area contributed by atoms with E-state index in [2.05, 4.69) is 64.7 Å². The van der Waals surface area contributed by atoms with Crippen molar-refractivity contribution in [3.63, 3.8) is 0 Å². The van der Waals surface area contributed by atoms with Gasteiger partial charge in [0.15, 0.2) is 0 Å². The zero-order valence-electron chi connectivity index (χ0n) is 26.0. The summed E-state index contributed by atoms with van der Waals surface area (Å²) in [5.41, 5.74) is 3.46. The van der Waals surface area contributed by atoms with Crippen molar-refractivity contribution in [1.29, 1.82) is 0 Å². The van der Waals surface area contributed by atoms with Crippen LogP contribution in [0.4, 0.5) is 0 Å². The molecule has 0 aliphatic carbocycles. The molecule has 0 radical (unpaired) electrons. The van der Waals surface area contributed by atoms with Crippen LogP contribution in [-0.4, -0.2) is 65.6 Å². The molecule has 2 atom stereocenters. The maximum Gasteiger partial charge on any atom is 0.143 e. The van der Waals surface area contributed by atoms with Gasteiger partial charge in [0.25, 0.3) is 0 Å². The number of fused-ring (bicyclic) bond motifs is 1. The van der Waals surface area contributed by atoms with Gasteiger partial charge in [-0.1, -0.05) is 54.6 Å². The van der Waals surface area contributed by atoms with Crippen LogP contribution in [0.15, 0.2) is 84.9 Å². The van der Waals surface area contributed by atoms with Crippen LogP contribution >= 0.6 is 0 Å². The monoisotopic (exact) mass is 605 g/mol. The Morgan fingerprint density at radius 3 is 2.36 bits per heavy atom. The van der Waals surface area contributed by atoms with E-state index in [0.29, 0.717) is 32.3 Å². The van der Waals surface area contributed by atoms with Gasteiger partial charge in [0, 0.05) is 38.4 Å². The molecule has 0 bridgehead atoms. The SMILES string of the molecule is COCO.COc1ccccc1COCCCOc1ccc([C@H]2CCNC[C@@H]2OCc2cc(OC)c3ccccc3c2)cc1.[HH]. The number of benzene rings is 4. The topological polar surface area (TPSA) is 87.6 Å². The number of hydrogen-bond donors (Lipinski definition) is 2. The van der Waals surface area contributed by atoms with Crippen LogP contribution < -0.4 is 19.5 Å². The van der Waals surface area contributed by atoms with Crippen molar-refractivity contribution in [2.24, 2.45) is 0 Å². The first-order valence-electron chi connectivity index (χ1n) is 15.1. The van der Waals surface area contributed by atoms with Gasteiger partial charge in [-0.3, -0.25) is 0 Å². The first kappa shape index (κ1) is 33.2. The molecule has 0 unspecified atom stereocenters.